The minimum Gasteiger partial charge on any atom is -0.310 e. The second-order valence-corrected chi connectivity index (χ2v) is 15.8. The summed E-state index contributed by atoms with van der Waals surface area (Å²) in [7, 11) is 0. The first-order valence-electron chi connectivity index (χ1n) is 18.2. The van der Waals surface area contributed by atoms with Crippen LogP contribution in [0.25, 0.3) is 65.0 Å². The van der Waals surface area contributed by atoms with Gasteiger partial charge in [0.1, 0.15) is 0 Å². The number of fused-ring (bicyclic) bond motifs is 13. The minimum atomic E-state index is -0.219. The molecule has 0 saturated heterocycles. The van der Waals surface area contributed by atoms with Gasteiger partial charge in [-0.05, 0) is 136 Å². The van der Waals surface area contributed by atoms with Gasteiger partial charge in [-0.1, -0.05) is 131 Å². The molecule has 0 aromatic heterocycles. The van der Waals surface area contributed by atoms with Gasteiger partial charge in [-0.3, -0.25) is 0 Å². The SMILES string of the molecule is CC1(C)c2cc3c(cc2-c2cc4c5ccccc5c5ccccc5c4cc21)C(C)(C)c1cc2ccccc2cc1N3c1ccc2ccccc2c1. The standard InChI is InChI=1S/C50H37N/c1-49(2)43-27-40-38-20-12-10-18-36(38)35-17-9-11-19-37(35)39(40)26-41(43)42-28-46-48(29-44(42)49)51(34-22-21-30-13-5-6-14-31(30)23-34)47-25-33-16-8-7-15-32(33)24-45(47)50(46,3)4/h5-29H,1-4H3. The van der Waals surface area contributed by atoms with E-state index < -0.39 is 0 Å². The lowest BCUT2D eigenvalue weighted by atomic mass is 9.71. The molecule has 0 spiro atoms. The quantitative estimate of drug-likeness (QED) is 0.160. The summed E-state index contributed by atoms with van der Waals surface area (Å²) < 4.78 is 0. The molecule has 51 heavy (non-hydrogen) atoms. The van der Waals surface area contributed by atoms with Crippen LogP contribution in [0.15, 0.2) is 152 Å². The van der Waals surface area contributed by atoms with Gasteiger partial charge in [-0.25, -0.2) is 0 Å². The third-order valence-electron chi connectivity index (χ3n) is 12.3. The third kappa shape index (κ3) is 3.81. The Balaban J connectivity index is 1.22. The average molecular weight is 652 g/mol. The van der Waals surface area contributed by atoms with E-state index in [1.807, 2.05) is 0 Å². The zero-order valence-corrected chi connectivity index (χ0v) is 29.4. The molecule has 1 aliphatic heterocycles. The second kappa shape index (κ2) is 9.86. The first-order chi connectivity index (χ1) is 24.8. The predicted octanol–water partition coefficient (Wildman–Crippen LogP) is 13.9. The third-order valence-corrected chi connectivity index (χ3v) is 12.3. The van der Waals surface area contributed by atoms with Gasteiger partial charge in [0.15, 0.2) is 0 Å². The Morgan fingerprint density at radius 3 is 1.45 bits per heavy atom. The lowest BCUT2D eigenvalue weighted by molar-refractivity contribution is 0.628. The van der Waals surface area contributed by atoms with Crippen LogP contribution in [-0.2, 0) is 10.8 Å². The largest absolute Gasteiger partial charge is 0.310 e. The van der Waals surface area contributed by atoms with Crippen molar-refractivity contribution >= 4 is 70.9 Å². The van der Waals surface area contributed by atoms with E-state index in [0.29, 0.717) is 0 Å². The van der Waals surface area contributed by atoms with E-state index in [4.69, 9.17) is 0 Å². The molecular weight excluding hydrogens is 615 g/mol. The molecule has 0 radical (unpaired) electrons. The molecule has 9 aromatic carbocycles. The molecule has 2 aliphatic rings. The molecule has 0 unspecified atom stereocenters. The summed E-state index contributed by atoms with van der Waals surface area (Å²) >= 11 is 0. The zero-order valence-electron chi connectivity index (χ0n) is 29.4. The van der Waals surface area contributed by atoms with Gasteiger partial charge in [0, 0.05) is 16.5 Å². The topological polar surface area (TPSA) is 3.24 Å². The van der Waals surface area contributed by atoms with Crippen LogP contribution in [0, 0.1) is 0 Å². The number of hydrogen-bond acceptors (Lipinski definition) is 1. The Hall–Kier alpha value is -5.92. The van der Waals surface area contributed by atoms with Gasteiger partial charge >= 0.3 is 0 Å². The van der Waals surface area contributed by atoms with Crippen molar-refractivity contribution in [2.75, 3.05) is 4.90 Å². The highest BCUT2D eigenvalue weighted by atomic mass is 15.2. The maximum atomic E-state index is 2.56. The van der Waals surface area contributed by atoms with Gasteiger partial charge in [0.05, 0.1) is 11.4 Å². The second-order valence-electron chi connectivity index (χ2n) is 15.8. The molecule has 9 aromatic rings. The maximum Gasteiger partial charge on any atom is 0.0509 e. The molecule has 0 amide bonds. The number of rotatable bonds is 1. The minimum absolute atomic E-state index is 0.177. The van der Waals surface area contributed by atoms with E-state index in [9.17, 15) is 0 Å². The van der Waals surface area contributed by atoms with Crippen LogP contribution in [0.1, 0.15) is 49.9 Å². The van der Waals surface area contributed by atoms with E-state index in [-0.39, 0.29) is 10.8 Å². The van der Waals surface area contributed by atoms with Crippen molar-refractivity contribution < 1.29 is 0 Å². The van der Waals surface area contributed by atoms with Crippen molar-refractivity contribution in [1.29, 1.82) is 0 Å². The lowest BCUT2D eigenvalue weighted by Gasteiger charge is -2.43. The van der Waals surface area contributed by atoms with Crippen molar-refractivity contribution in [3.8, 4) is 11.1 Å². The van der Waals surface area contributed by atoms with E-state index in [1.54, 1.807) is 0 Å². The molecule has 1 heteroatoms. The van der Waals surface area contributed by atoms with Gasteiger partial charge < -0.3 is 4.90 Å². The van der Waals surface area contributed by atoms with Crippen LogP contribution in [0.5, 0.6) is 0 Å². The normalized spacial score (nSPS) is 15.3. The summed E-state index contributed by atoms with van der Waals surface area (Å²) in [5.74, 6) is 0. The van der Waals surface area contributed by atoms with Crippen LogP contribution in [-0.4, -0.2) is 0 Å². The van der Waals surface area contributed by atoms with Gasteiger partial charge in [0.2, 0.25) is 0 Å². The number of nitrogens with zero attached hydrogens (tertiary/aromatic N) is 1. The molecule has 0 atom stereocenters. The average Bonchev–Trinajstić information content (AvgIpc) is 3.37. The molecule has 242 valence electrons. The van der Waals surface area contributed by atoms with Gasteiger partial charge in [-0.2, -0.15) is 0 Å². The fourth-order valence-corrected chi connectivity index (χ4v) is 9.63. The summed E-state index contributed by atoms with van der Waals surface area (Å²) in [5.41, 5.74) is 11.6. The fraction of sp³-hybridized carbons (Fsp3) is 0.120. The summed E-state index contributed by atoms with van der Waals surface area (Å²) in [6, 6.07) is 57.3. The Morgan fingerprint density at radius 2 is 0.784 bits per heavy atom. The number of anilines is 3. The maximum absolute atomic E-state index is 2.56. The molecule has 0 bridgehead atoms. The van der Waals surface area contributed by atoms with Crippen molar-refractivity contribution in [3.63, 3.8) is 0 Å². The molecule has 1 aliphatic carbocycles. The summed E-state index contributed by atoms with van der Waals surface area (Å²) in [6.45, 7) is 9.69. The molecule has 1 nitrogen and oxygen atoms in total. The van der Waals surface area contributed by atoms with Gasteiger partial charge in [0.25, 0.3) is 0 Å². The van der Waals surface area contributed by atoms with Crippen molar-refractivity contribution in [3.05, 3.63) is 174 Å². The van der Waals surface area contributed by atoms with Crippen molar-refractivity contribution in [2.24, 2.45) is 0 Å². The Labute approximate surface area is 298 Å². The van der Waals surface area contributed by atoms with Crippen LogP contribution in [0.2, 0.25) is 0 Å². The van der Waals surface area contributed by atoms with Crippen LogP contribution >= 0.6 is 0 Å². The monoisotopic (exact) mass is 651 g/mol. The Bertz CT molecular complexity index is 2980. The predicted molar refractivity (Wildman–Crippen MR) is 218 cm³/mol. The Kier molecular flexibility index (Phi) is 5.58. The van der Waals surface area contributed by atoms with Crippen molar-refractivity contribution in [2.45, 2.75) is 38.5 Å². The molecule has 0 N–H and O–H groups in total. The first kappa shape index (κ1) is 28.9. The highest BCUT2D eigenvalue weighted by Gasteiger charge is 2.43. The molecule has 11 rings (SSSR count). The number of hydrogen-bond donors (Lipinski definition) is 0. The molecule has 0 saturated carbocycles. The highest BCUT2D eigenvalue weighted by Crippen LogP contribution is 2.59. The smallest absolute Gasteiger partial charge is 0.0509 e. The lowest BCUT2D eigenvalue weighted by Crippen LogP contribution is -2.31. The van der Waals surface area contributed by atoms with E-state index in [0.717, 1.165) is 0 Å². The summed E-state index contributed by atoms with van der Waals surface area (Å²) in [5, 5.41) is 13.0. The first-order valence-corrected chi connectivity index (χ1v) is 18.2. The molecule has 0 fully saturated rings. The zero-order chi connectivity index (χ0) is 34.2. The summed E-state index contributed by atoms with van der Waals surface area (Å²) in [6.07, 6.45) is 0. The van der Waals surface area contributed by atoms with Gasteiger partial charge in [-0.15, -0.1) is 0 Å². The van der Waals surface area contributed by atoms with E-state index in [1.165, 1.54) is 104 Å². The van der Waals surface area contributed by atoms with Crippen LogP contribution < -0.4 is 4.90 Å². The summed E-state index contributed by atoms with van der Waals surface area (Å²) in [4.78, 5) is 2.55. The number of benzene rings is 9. The van der Waals surface area contributed by atoms with Crippen LogP contribution in [0.4, 0.5) is 17.1 Å². The van der Waals surface area contributed by atoms with E-state index in [2.05, 4.69) is 184 Å². The highest BCUT2D eigenvalue weighted by molar-refractivity contribution is 6.26. The fourth-order valence-electron chi connectivity index (χ4n) is 9.63. The Morgan fingerprint density at radius 1 is 0.333 bits per heavy atom. The van der Waals surface area contributed by atoms with Crippen LogP contribution in [0.3, 0.4) is 0 Å². The molecular formula is C50H37N. The van der Waals surface area contributed by atoms with E-state index >= 15 is 0 Å². The molecule has 1 heterocycles. The van der Waals surface area contributed by atoms with Crippen molar-refractivity contribution in [1.82, 2.24) is 0 Å².